The van der Waals surface area contributed by atoms with Crippen molar-refractivity contribution in [1.82, 2.24) is 15.3 Å². The second-order valence-corrected chi connectivity index (χ2v) is 11.2. The number of nitrogens with zero attached hydrogens (tertiary/aromatic N) is 3. The highest BCUT2D eigenvalue weighted by Gasteiger charge is 2.53. The highest BCUT2D eigenvalue weighted by molar-refractivity contribution is 7.15. The smallest absolute Gasteiger partial charge is 0.253 e. The van der Waals surface area contributed by atoms with E-state index in [2.05, 4.69) is 34.4 Å². The predicted octanol–water partition coefficient (Wildman–Crippen LogP) is 4.30. The summed E-state index contributed by atoms with van der Waals surface area (Å²) in [5.41, 5.74) is 0.699. The zero-order valence-corrected chi connectivity index (χ0v) is 22.5. The van der Waals surface area contributed by atoms with E-state index in [1.807, 2.05) is 29.2 Å². The number of hydrogen-bond acceptors (Lipinski definition) is 7. The number of aliphatic hydroxyl groups is 1. The number of nitrogens with one attached hydrogen (secondary N) is 2. The summed E-state index contributed by atoms with van der Waals surface area (Å²) < 4.78 is 0. The number of aromatic nitrogens is 2. The Morgan fingerprint density at radius 1 is 1.19 bits per heavy atom. The molecule has 0 radical (unpaired) electrons. The van der Waals surface area contributed by atoms with Gasteiger partial charge in [-0.15, -0.1) is 0 Å². The van der Waals surface area contributed by atoms with Gasteiger partial charge in [0.25, 0.3) is 5.91 Å². The number of anilines is 2. The fourth-order valence-corrected chi connectivity index (χ4v) is 5.47. The minimum atomic E-state index is -0.989. The van der Waals surface area contributed by atoms with Crippen LogP contribution in [-0.2, 0) is 15.8 Å². The van der Waals surface area contributed by atoms with Crippen molar-refractivity contribution >= 4 is 45.6 Å². The Labute approximate surface area is 219 Å². The molecule has 2 amide bonds. The van der Waals surface area contributed by atoms with Crippen LogP contribution < -0.4 is 15.5 Å². The van der Waals surface area contributed by atoms with Crippen LogP contribution in [0.2, 0.25) is 5.15 Å². The Morgan fingerprint density at radius 3 is 2.50 bits per heavy atom. The van der Waals surface area contributed by atoms with Crippen molar-refractivity contribution in [2.45, 2.75) is 44.6 Å². The van der Waals surface area contributed by atoms with E-state index in [1.54, 1.807) is 20.0 Å². The van der Waals surface area contributed by atoms with Crippen LogP contribution in [-0.4, -0.2) is 47.0 Å². The minimum absolute atomic E-state index is 0.160. The van der Waals surface area contributed by atoms with Crippen LogP contribution >= 0.6 is 22.9 Å². The lowest BCUT2D eigenvalue weighted by molar-refractivity contribution is -0.122. The molecule has 1 fully saturated rings. The van der Waals surface area contributed by atoms with E-state index in [9.17, 15) is 14.7 Å². The number of hydrogen-bond donors (Lipinski definition) is 3. The molecule has 1 aromatic carbocycles. The van der Waals surface area contributed by atoms with Crippen molar-refractivity contribution in [2.75, 3.05) is 30.4 Å². The second-order valence-electron chi connectivity index (χ2n) is 9.83. The number of benzene rings is 1. The minimum Gasteiger partial charge on any atom is -0.385 e. The molecule has 0 aliphatic carbocycles. The highest BCUT2D eigenvalue weighted by Crippen LogP contribution is 2.43. The van der Waals surface area contributed by atoms with Gasteiger partial charge >= 0.3 is 0 Å². The van der Waals surface area contributed by atoms with Crippen molar-refractivity contribution in [1.29, 1.82) is 0 Å². The summed E-state index contributed by atoms with van der Waals surface area (Å²) in [6, 6.07) is 9.40. The Hall–Kier alpha value is -3.01. The molecule has 3 N–H and O–H groups in total. The van der Waals surface area contributed by atoms with Crippen LogP contribution in [0.15, 0.2) is 42.7 Å². The molecule has 1 aliphatic heterocycles. The van der Waals surface area contributed by atoms with Crippen molar-refractivity contribution < 1.29 is 14.7 Å². The second kappa shape index (κ2) is 9.80. The number of thiazole rings is 1. The molecule has 0 bridgehead atoms. The first kappa shape index (κ1) is 26.1. The number of rotatable bonds is 7. The van der Waals surface area contributed by atoms with E-state index < -0.39 is 11.0 Å². The third kappa shape index (κ3) is 4.83. The average Bonchev–Trinajstić information content (AvgIpc) is 3.30. The maximum absolute atomic E-state index is 14.0. The molecule has 2 aromatic heterocycles. The molecule has 0 spiro atoms. The van der Waals surface area contributed by atoms with E-state index in [0.29, 0.717) is 18.8 Å². The number of amides is 2. The summed E-state index contributed by atoms with van der Waals surface area (Å²) in [6.45, 7) is 8.45. The van der Waals surface area contributed by atoms with Crippen molar-refractivity contribution in [3.63, 3.8) is 0 Å². The fraction of sp³-hybridized carbons (Fsp3) is 0.385. The molecule has 3 heterocycles. The van der Waals surface area contributed by atoms with Crippen LogP contribution in [0.5, 0.6) is 0 Å². The summed E-state index contributed by atoms with van der Waals surface area (Å²) in [4.78, 5) is 37.8. The number of pyridine rings is 1. The summed E-state index contributed by atoms with van der Waals surface area (Å²) in [6.07, 6.45) is 3.08. The maximum Gasteiger partial charge on any atom is 0.253 e. The quantitative estimate of drug-likeness (QED) is 0.395. The SMILES string of the molecule is CNC(=O)c1cc(Cl)ncc1NC(=O)C1(c2ccccc2C(C)C)CN(c2ncc(C(C)(C)O)s2)C1. The molecule has 0 saturated carbocycles. The number of carbonyl (C=O) groups is 2. The van der Waals surface area contributed by atoms with Crippen LogP contribution in [0.3, 0.4) is 0 Å². The normalized spacial score (nSPS) is 14.9. The van der Waals surface area contributed by atoms with E-state index in [4.69, 9.17) is 11.6 Å². The van der Waals surface area contributed by atoms with E-state index in [0.717, 1.165) is 21.1 Å². The number of carbonyl (C=O) groups excluding carboxylic acids is 2. The molecular weight excluding hydrogens is 498 g/mol. The molecular formula is C26H30ClN5O3S. The van der Waals surface area contributed by atoms with Gasteiger partial charge in [0, 0.05) is 26.3 Å². The molecule has 1 aliphatic rings. The molecule has 1 saturated heterocycles. The molecule has 8 nitrogen and oxygen atoms in total. The molecule has 0 unspecified atom stereocenters. The Bertz CT molecular complexity index is 1290. The summed E-state index contributed by atoms with van der Waals surface area (Å²) in [5.74, 6) is -0.399. The lowest BCUT2D eigenvalue weighted by atomic mass is 9.70. The number of halogens is 1. The van der Waals surface area contributed by atoms with Gasteiger partial charge in [0.2, 0.25) is 5.91 Å². The van der Waals surface area contributed by atoms with Gasteiger partial charge in [-0.3, -0.25) is 9.59 Å². The van der Waals surface area contributed by atoms with Gasteiger partial charge in [-0.2, -0.15) is 0 Å². The Balaban J connectivity index is 1.72. The van der Waals surface area contributed by atoms with Gasteiger partial charge in [-0.25, -0.2) is 9.97 Å². The van der Waals surface area contributed by atoms with Crippen LogP contribution in [0.25, 0.3) is 0 Å². The molecule has 190 valence electrons. The average molecular weight is 528 g/mol. The molecule has 36 heavy (non-hydrogen) atoms. The molecule has 0 atom stereocenters. The Kier molecular flexibility index (Phi) is 7.10. The van der Waals surface area contributed by atoms with Crippen LogP contribution in [0, 0.1) is 0 Å². The standard InChI is InChI=1S/C26H30ClN5O3S/c1-15(2)16-8-6-7-9-18(16)26(13-32(14-26)24-30-12-20(36-24)25(3,4)35)23(34)31-19-11-29-21(27)10-17(19)22(33)28-5/h6-12,15,35H,13-14H2,1-5H3,(H,28,33)(H,31,34). The lowest BCUT2D eigenvalue weighted by Gasteiger charge is -2.50. The fourth-order valence-electron chi connectivity index (χ4n) is 4.40. The summed E-state index contributed by atoms with van der Waals surface area (Å²) in [7, 11) is 1.52. The topological polar surface area (TPSA) is 107 Å². The van der Waals surface area contributed by atoms with Crippen molar-refractivity contribution in [3.8, 4) is 0 Å². The zero-order valence-electron chi connectivity index (χ0n) is 20.9. The van der Waals surface area contributed by atoms with Gasteiger partial charge in [-0.1, -0.05) is 61.1 Å². The Morgan fingerprint density at radius 2 is 1.89 bits per heavy atom. The van der Waals surface area contributed by atoms with E-state index in [-0.39, 0.29) is 28.4 Å². The van der Waals surface area contributed by atoms with Gasteiger partial charge in [-0.05, 0) is 37.0 Å². The lowest BCUT2D eigenvalue weighted by Crippen LogP contribution is -2.65. The molecule has 4 rings (SSSR count). The van der Waals surface area contributed by atoms with Gasteiger partial charge < -0.3 is 20.6 Å². The van der Waals surface area contributed by atoms with Crippen LogP contribution in [0.4, 0.5) is 10.8 Å². The zero-order chi connectivity index (χ0) is 26.3. The van der Waals surface area contributed by atoms with E-state index in [1.165, 1.54) is 30.6 Å². The van der Waals surface area contributed by atoms with E-state index >= 15 is 0 Å². The summed E-state index contributed by atoms with van der Waals surface area (Å²) in [5, 5.41) is 16.8. The first-order valence-electron chi connectivity index (χ1n) is 11.7. The largest absolute Gasteiger partial charge is 0.385 e. The third-order valence-corrected chi connectivity index (χ3v) is 7.99. The van der Waals surface area contributed by atoms with Crippen molar-refractivity contribution in [3.05, 3.63) is 69.4 Å². The monoisotopic (exact) mass is 527 g/mol. The third-order valence-electron chi connectivity index (χ3n) is 6.41. The van der Waals surface area contributed by atoms with Crippen LogP contribution in [0.1, 0.15) is 60.0 Å². The maximum atomic E-state index is 14.0. The van der Waals surface area contributed by atoms with Crippen molar-refractivity contribution in [2.24, 2.45) is 0 Å². The molecule has 3 aromatic rings. The first-order chi connectivity index (χ1) is 17.0. The molecule has 10 heteroatoms. The summed E-state index contributed by atoms with van der Waals surface area (Å²) >= 11 is 7.43. The van der Waals surface area contributed by atoms with Gasteiger partial charge in [0.1, 0.15) is 10.6 Å². The van der Waals surface area contributed by atoms with Gasteiger partial charge in [0.15, 0.2) is 5.13 Å². The highest BCUT2D eigenvalue weighted by atomic mass is 35.5. The first-order valence-corrected chi connectivity index (χ1v) is 12.9. The predicted molar refractivity (Wildman–Crippen MR) is 143 cm³/mol. The van der Waals surface area contributed by atoms with Gasteiger partial charge in [0.05, 0.1) is 27.9 Å².